The minimum atomic E-state index is 0.385. The molecule has 10 heavy (non-hydrogen) atoms. The molecule has 0 atom stereocenters. The van der Waals surface area contributed by atoms with Crippen molar-refractivity contribution in [3.63, 3.8) is 0 Å². The van der Waals surface area contributed by atoms with Gasteiger partial charge in [-0.3, -0.25) is 0 Å². The quantitative estimate of drug-likeness (QED) is 0.662. The van der Waals surface area contributed by atoms with E-state index in [4.69, 9.17) is 16.6 Å². The van der Waals surface area contributed by atoms with Crippen molar-refractivity contribution in [3.8, 4) is 0 Å². The number of nitrogens with zero attached hydrogens (tertiary/aromatic N) is 1. The molecule has 1 aliphatic rings. The molecule has 0 amide bonds. The van der Waals surface area contributed by atoms with Crippen LogP contribution in [0.1, 0.15) is 18.7 Å². The molecule has 2 rings (SSSR count). The molecular formula is C6H8N2OS. The van der Waals surface area contributed by atoms with Crippen molar-refractivity contribution >= 4 is 12.2 Å². The summed E-state index contributed by atoms with van der Waals surface area (Å²) in [5.74, 6) is 1.56. The predicted octanol–water partition coefficient (Wildman–Crippen LogP) is 1.68. The number of aromatic nitrogens is 2. The third-order valence-electron chi connectivity index (χ3n) is 1.64. The van der Waals surface area contributed by atoms with Gasteiger partial charge in [-0.15, -0.1) is 5.10 Å². The van der Waals surface area contributed by atoms with Crippen LogP contribution in [-0.4, -0.2) is 10.2 Å². The van der Waals surface area contributed by atoms with E-state index in [0.717, 1.165) is 18.2 Å². The van der Waals surface area contributed by atoms with Crippen molar-refractivity contribution in [2.75, 3.05) is 0 Å². The van der Waals surface area contributed by atoms with Gasteiger partial charge < -0.3 is 4.42 Å². The third kappa shape index (κ3) is 1.26. The molecule has 0 aromatic carbocycles. The molecule has 1 N–H and O–H groups in total. The summed E-state index contributed by atoms with van der Waals surface area (Å²) in [6.45, 7) is 0. The van der Waals surface area contributed by atoms with Crippen LogP contribution in [0.15, 0.2) is 4.42 Å². The van der Waals surface area contributed by atoms with E-state index in [1.165, 1.54) is 12.8 Å². The summed E-state index contributed by atoms with van der Waals surface area (Å²) in [6, 6.07) is 0. The summed E-state index contributed by atoms with van der Waals surface area (Å²) in [5, 5.41) is 6.50. The minimum absolute atomic E-state index is 0.385. The van der Waals surface area contributed by atoms with Gasteiger partial charge in [0.25, 0.3) is 4.84 Å². The average molecular weight is 156 g/mol. The first-order valence-electron chi connectivity index (χ1n) is 3.39. The maximum atomic E-state index is 5.08. The number of aromatic amines is 1. The molecule has 54 valence electrons. The highest BCUT2D eigenvalue weighted by Crippen LogP contribution is 2.31. The fourth-order valence-electron chi connectivity index (χ4n) is 0.917. The Morgan fingerprint density at radius 1 is 1.70 bits per heavy atom. The molecule has 0 unspecified atom stereocenters. The monoisotopic (exact) mass is 156 g/mol. The molecule has 0 saturated heterocycles. The van der Waals surface area contributed by atoms with E-state index in [2.05, 4.69) is 10.2 Å². The fourth-order valence-corrected chi connectivity index (χ4v) is 1.06. The lowest BCUT2D eigenvalue weighted by atomic mass is 10.3. The zero-order valence-electron chi connectivity index (χ0n) is 5.46. The Morgan fingerprint density at radius 2 is 2.50 bits per heavy atom. The van der Waals surface area contributed by atoms with Gasteiger partial charge >= 0.3 is 0 Å². The second-order valence-electron chi connectivity index (χ2n) is 2.65. The lowest BCUT2D eigenvalue weighted by Gasteiger charge is -1.85. The Bertz CT molecular complexity index is 273. The van der Waals surface area contributed by atoms with E-state index < -0.39 is 0 Å². The summed E-state index contributed by atoms with van der Waals surface area (Å²) < 4.78 is 5.08. The molecule has 1 aromatic rings. The molecule has 3 nitrogen and oxygen atoms in total. The average Bonchev–Trinajstić information content (AvgIpc) is 2.59. The Morgan fingerprint density at radius 3 is 3.00 bits per heavy atom. The summed E-state index contributed by atoms with van der Waals surface area (Å²) in [4.78, 5) is 0.385. The van der Waals surface area contributed by atoms with Crippen LogP contribution < -0.4 is 0 Å². The van der Waals surface area contributed by atoms with Gasteiger partial charge in [0, 0.05) is 6.42 Å². The molecule has 0 spiro atoms. The van der Waals surface area contributed by atoms with Gasteiger partial charge in [0.15, 0.2) is 0 Å². The molecule has 1 heterocycles. The van der Waals surface area contributed by atoms with Crippen molar-refractivity contribution in [1.29, 1.82) is 0 Å². The summed E-state index contributed by atoms with van der Waals surface area (Å²) in [5.41, 5.74) is 0. The largest absolute Gasteiger partial charge is 0.414 e. The number of hydrogen-bond donors (Lipinski definition) is 1. The molecule has 1 aliphatic carbocycles. The fraction of sp³-hybridized carbons (Fsp3) is 0.667. The standard InChI is InChI=1S/C6H8N2OS/c10-6-8-7-5(9-6)3-4-1-2-4/h4H,1-3H2,(H,8,10). The summed E-state index contributed by atoms with van der Waals surface area (Å²) in [6.07, 6.45) is 3.58. The number of H-pyrrole nitrogens is 1. The van der Waals surface area contributed by atoms with Crippen molar-refractivity contribution in [2.45, 2.75) is 19.3 Å². The highest BCUT2D eigenvalue weighted by Gasteiger charge is 2.23. The van der Waals surface area contributed by atoms with Gasteiger partial charge in [-0.05, 0) is 31.0 Å². The lowest BCUT2D eigenvalue weighted by molar-refractivity contribution is 0.470. The highest BCUT2D eigenvalue weighted by atomic mass is 32.1. The molecule has 1 fully saturated rings. The van der Waals surface area contributed by atoms with Gasteiger partial charge in [0.2, 0.25) is 5.89 Å². The molecular weight excluding hydrogens is 148 g/mol. The zero-order chi connectivity index (χ0) is 6.97. The second kappa shape index (κ2) is 2.20. The second-order valence-corrected chi connectivity index (χ2v) is 3.03. The summed E-state index contributed by atoms with van der Waals surface area (Å²) >= 11 is 4.72. The molecule has 1 saturated carbocycles. The SMILES string of the molecule is S=c1[nH]nc(CC2CC2)o1. The lowest BCUT2D eigenvalue weighted by Crippen LogP contribution is -1.85. The smallest absolute Gasteiger partial charge is 0.284 e. The van der Waals surface area contributed by atoms with Crippen molar-refractivity contribution in [2.24, 2.45) is 5.92 Å². The first-order valence-corrected chi connectivity index (χ1v) is 3.80. The number of nitrogens with one attached hydrogen (secondary N) is 1. The Labute approximate surface area is 63.4 Å². The Balaban J connectivity index is 2.10. The van der Waals surface area contributed by atoms with Gasteiger partial charge in [-0.25, -0.2) is 5.10 Å². The predicted molar refractivity (Wildman–Crippen MR) is 38.1 cm³/mol. The highest BCUT2D eigenvalue weighted by molar-refractivity contribution is 7.71. The summed E-state index contributed by atoms with van der Waals surface area (Å²) in [7, 11) is 0. The van der Waals surface area contributed by atoms with E-state index in [9.17, 15) is 0 Å². The Hall–Kier alpha value is -0.640. The maximum absolute atomic E-state index is 5.08. The minimum Gasteiger partial charge on any atom is -0.414 e. The molecule has 4 heteroatoms. The molecule has 0 aliphatic heterocycles. The van der Waals surface area contributed by atoms with E-state index in [1.807, 2.05) is 0 Å². The van der Waals surface area contributed by atoms with Crippen LogP contribution >= 0.6 is 12.2 Å². The van der Waals surface area contributed by atoms with Crippen LogP contribution in [0.5, 0.6) is 0 Å². The van der Waals surface area contributed by atoms with Gasteiger partial charge in [-0.1, -0.05) is 0 Å². The topological polar surface area (TPSA) is 41.8 Å². The van der Waals surface area contributed by atoms with Crippen LogP contribution in [0.2, 0.25) is 0 Å². The van der Waals surface area contributed by atoms with Gasteiger partial charge in [-0.2, -0.15) is 0 Å². The molecule has 1 aromatic heterocycles. The first-order chi connectivity index (χ1) is 4.84. The van der Waals surface area contributed by atoms with Gasteiger partial charge in [0.1, 0.15) is 0 Å². The van der Waals surface area contributed by atoms with E-state index in [0.29, 0.717) is 4.84 Å². The molecule has 0 radical (unpaired) electrons. The van der Waals surface area contributed by atoms with Crippen molar-refractivity contribution in [3.05, 3.63) is 10.7 Å². The first kappa shape index (κ1) is 6.09. The zero-order valence-corrected chi connectivity index (χ0v) is 6.28. The van der Waals surface area contributed by atoms with Crippen LogP contribution in [0.3, 0.4) is 0 Å². The van der Waals surface area contributed by atoms with Crippen LogP contribution in [-0.2, 0) is 6.42 Å². The third-order valence-corrected chi connectivity index (χ3v) is 1.82. The maximum Gasteiger partial charge on any atom is 0.284 e. The molecule has 0 bridgehead atoms. The Kier molecular flexibility index (Phi) is 1.34. The van der Waals surface area contributed by atoms with Crippen LogP contribution in [0, 0.1) is 10.8 Å². The van der Waals surface area contributed by atoms with E-state index in [1.54, 1.807) is 0 Å². The van der Waals surface area contributed by atoms with E-state index >= 15 is 0 Å². The van der Waals surface area contributed by atoms with Crippen molar-refractivity contribution < 1.29 is 4.42 Å². The van der Waals surface area contributed by atoms with Crippen LogP contribution in [0.25, 0.3) is 0 Å². The normalized spacial score (nSPS) is 17.6. The number of rotatable bonds is 2. The van der Waals surface area contributed by atoms with E-state index in [-0.39, 0.29) is 0 Å². The van der Waals surface area contributed by atoms with Gasteiger partial charge in [0.05, 0.1) is 0 Å². The van der Waals surface area contributed by atoms with Crippen LogP contribution in [0.4, 0.5) is 0 Å². The van der Waals surface area contributed by atoms with Crippen molar-refractivity contribution in [1.82, 2.24) is 10.2 Å². The number of hydrogen-bond acceptors (Lipinski definition) is 3.